The highest BCUT2D eigenvalue weighted by molar-refractivity contribution is 6.23. The molecule has 0 bridgehead atoms. The van der Waals surface area contributed by atoms with Crippen LogP contribution in [0.4, 0.5) is 0 Å². The summed E-state index contributed by atoms with van der Waals surface area (Å²) in [5.74, 6) is -4.58. The van der Waals surface area contributed by atoms with E-state index in [9.17, 15) is 19.2 Å². The average molecular weight is 265 g/mol. The molecule has 19 heavy (non-hydrogen) atoms. The second-order valence-corrected chi connectivity index (χ2v) is 3.96. The Kier molecular flexibility index (Phi) is 3.20. The Morgan fingerprint density at radius 2 is 1.79 bits per heavy atom. The van der Waals surface area contributed by atoms with Crippen LogP contribution in [0.2, 0.25) is 0 Å². The molecule has 0 aromatic rings. The fourth-order valence-corrected chi connectivity index (χ4v) is 2.03. The second kappa shape index (κ2) is 4.68. The predicted octanol–water partition coefficient (Wildman–Crippen LogP) is -0.818. The summed E-state index contributed by atoms with van der Waals surface area (Å²) in [4.78, 5) is 48.0. The van der Waals surface area contributed by atoms with Crippen molar-refractivity contribution in [1.82, 2.24) is 4.90 Å². The highest BCUT2D eigenvalue weighted by Crippen LogP contribution is 2.28. The molecule has 1 amide bonds. The van der Waals surface area contributed by atoms with E-state index in [1.807, 2.05) is 0 Å². The fraction of sp³-hybridized carbons (Fsp3) is 0.333. The molecule has 0 spiro atoms. The Bertz CT molecular complexity index is 532. The van der Waals surface area contributed by atoms with Crippen molar-refractivity contribution in [2.24, 2.45) is 5.92 Å². The summed E-state index contributed by atoms with van der Waals surface area (Å²) < 4.78 is 9.00. The predicted molar refractivity (Wildman–Crippen MR) is 60.4 cm³/mol. The monoisotopic (exact) mass is 265 g/mol. The summed E-state index contributed by atoms with van der Waals surface area (Å²) in [7, 11) is 2.28. The van der Waals surface area contributed by atoms with Crippen LogP contribution in [0.1, 0.15) is 0 Å². The van der Waals surface area contributed by atoms with E-state index in [-0.39, 0.29) is 5.70 Å². The van der Waals surface area contributed by atoms with E-state index in [1.165, 1.54) is 19.3 Å². The molecule has 2 aliphatic heterocycles. The molecule has 0 saturated heterocycles. The van der Waals surface area contributed by atoms with Gasteiger partial charge in [0.2, 0.25) is 5.91 Å². The lowest BCUT2D eigenvalue weighted by atomic mass is 9.97. The zero-order valence-corrected chi connectivity index (χ0v) is 10.3. The van der Waals surface area contributed by atoms with E-state index in [0.717, 1.165) is 18.1 Å². The van der Waals surface area contributed by atoms with Gasteiger partial charge >= 0.3 is 11.9 Å². The van der Waals surface area contributed by atoms with Gasteiger partial charge in [0, 0.05) is 11.8 Å². The van der Waals surface area contributed by atoms with Gasteiger partial charge in [-0.2, -0.15) is 0 Å². The Morgan fingerprint density at radius 1 is 1.16 bits per heavy atom. The summed E-state index contributed by atoms with van der Waals surface area (Å²) in [6.07, 6.45) is 4.04. The van der Waals surface area contributed by atoms with Crippen molar-refractivity contribution < 1.29 is 28.7 Å². The lowest BCUT2D eigenvalue weighted by Gasteiger charge is -2.29. The normalized spacial score (nSPS) is 24.9. The van der Waals surface area contributed by atoms with Crippen LogP contribution >= 0.6 is 0 Å². The standard InChI is InChI=1S/C12H11NO6/c1-18-11(16)7-4-3-6-5-8(14)9(12(17)19-2)10(15)13(6)7/h3-5,7,9H,1-2H3/t7-,9?/m1/s1. The van der Waals surface area contributed by atoms with Crippen molar-refractivity contribution in [3.8, 4) is 0 Å². The third kappa shape index (κ3) is 1.92. The summed E-state index contributed by atoms with van der Waals surface area (Å²) in [5.41, 5.74) is 0.269. The van der Waals surface area contributed by atoms with Gasteiger partial charge in [0.15, 0.2) is 17.7 Å². The van der Waals surface area contributed by atoms with Gasteiger partial charge in [-0.1, -0.05) is 0 Å². The first-order chi connectivity index (χ1) is 9.01. The SMILES string of the molecule is COC(=O)C1C(=O)C=C2C=C[C@H](C(=O)OC)N2C1=O. The van der Waals surface area contributed by atoms with Crippen LogP contribution in [-0.4, -0.2) is 48.8 Å². The van der Waals surface area contributed by atoms with Crippen LogP contribution in [0.25, 0.3) is 0 Å². The minimum atomic E-state index is -1.55. The molecule has 0 radical (unpaired) electrons. The molecule has 2 atom stereocenters. The van der Waals surface area contributed by atoms with E-state index in [0.29, 0.717) is 0 Å². The Labute approximate surface area is 108 Å². The lowest BCUT2D eigenvalue weighted by Crippen LogP contribution is -2.50. The summed E-state index contributed by atoms with van der Waals surface area (Å²) in [5, 5.41) is 0. The molecule has 0 aromatic carbocycles. The fourth-order valence-electron chi connectivity index (χ4n) is 2.03. The number of ketones is 1. The van der Waals surface area contributed by atoms with Crippen molar-refractivity contribution >= 4 is 23.6 Å². The summed E-state index contributed by atoms with van der Waals surface area (Å²) in [6.45, 7) is 0. The molecule has 0 aromatic heterocycles. The highest BCUT2D eigenvalue weighted by Gasteiger charge is 2.47. The first-order valence-corrected chi connectivity index (χ1v) is 5.43. The number of hydrogen-bond acceptors (Lipinski definition) is 6. The Hall–Kier alpha value is -2.44. The van der Waals surface area contributed by atoms with Crippen molar-refractivity contribution in [2.45, 2.75) is 6.04 Å². The maximum absolute atomic E-state index is 12.2. The van der Waals surface area contributed by atoms with E-state index in [2.05, 4.69) is 9.47 Å². The van der Waals surface area contributed by atoms with E-state index in [4.69, 9.17) is 0 Å². The Balaban J connectivity index is 2.38. The number of ether oxygens (including phenoxy) is 2. The number of fused-ring (bicyclic) bond motifs is 1. The molecule has 0 fully saturated rings. The molecule has 7 nitrogen and oxygen atoms in total. The first-order valence-electron chi connectivity index (χ1n) is 5.43. The van der Waals surface area contributed by atoms with Crippen molar-refractivity contribution in [2.75, 3.05) is 14.2 Å². The maximum atomic E-state index is 12.2. The summed E-state index contributed by atoms with van der Waals surface area (Å²) >= 11 is 0. The average Bonchev–Trinajstić information content (AvgIpc) is 2.81. The van der Waals surface area contributed by atoms with Crippen LogP contribution in [0.3, 0.4) is 0 Å². The first kappa shape index (κ1) is 13.0. The number of carbonyl (C=O) groups is 4. The van der Waals surface area contributed by atoms with Gasteiger partial charge in [0.1, 0.15) is 0 Å². The molecular formula is C12H11NO6. The number of amides is 1. The van der Waals surface area contributed by atoms with Crippen molar-refractivity contribution in [3.63, 3.8) is 0 Å². The molecule has 2 heterocycles. The van der Waals surface area contributed by atoms with E-state index >= 15 is 0 Å². The third-order valence-electron chi connectivity index (χ3n) is 2.94. The smallest absolute Gasteiger partial charge is 0.333 e. The van der Waals surface area contributed by atoms with Crippen LogP contribution in [0.15, 0.2) is 23.9 Å². The van der Waals surface area contributed by atoms with Gasteiger partial charge in [-0.15, -0.1) is 0 Å². The van der Waals surface area contributed by atoms with Crippen LogP contribution in [0.5, 0.6) is 0 Å². The third-order valence-corrected chi connectivity index (χ3v) is 2.94. The molecule has 7 heteroatoms. The van der Waals surface area contributed by atoms with E-state index in [1.54, 1.807) is 0 Å². The molecule has 100 valence electrons. The molecule has 2 rings (SSSR count). The van der Waals surface area contributed by atoms with Gasteiger partial charge in [0.05, 0.1) is 14.2 Å². The largest absolute Gasteiger partial charge is 0.468 e. The highest BCUT2D eigenvalue weighted by atomic mass is 16.5. The number of rotatable bonds is 2. The number of hydrogen-bond donors (Lipinski definition) is 0. The van der Waals surface area contributed by atoms with Gasteiger partial charge in [-0.05, 0) is 12.2 Å². The molecule has 1 unspecified atom stereocenters. The maximum Gasteiger partial charge on any atom is 0.333 e. The number of carbonyl (C=O) groups excluding carboxylic acids is 4. The lowest BCUT2D eigenvalue weighted by molar-refractivity contribution is -0.160. The number of allylic oxidation sites excluding steroid dienone is 2. The quantitative estimate of drug-likeness (QED) is 0.479. The number of esters is 2. The van der Waals surface area contributed by atoms with Gasteiger partial charge < -0.3 is 9.47 Å². The number of nitrogens with zero attached hydrogens (tertiary/aromatic N) is 1. The minimum absolute atomic E-state index is 0.269. The molecule has 0 N–H and O–H groups in total. The second-order valence-electron chi connectivity index (χ2n) is 3.96. The zero-order valence-electron chi connectivity index (χ0n) is 10.3. The van der Waals surface area contributed by atoms with Crippen LogP contribution in [-0.2, 0) is 28.7 Å². The molecule has 0 saturated carbocycles. The molecular weight excluding hydrogens is 254 g/mol. The van der Waals surface area contributed by atoms with Crippen LogP contribution in [0, 0.1) is 5.92 Å². The van der Waals surface area contributed by atoms with Crippen molar-refractivity contribution in [1.29, 1.82) is 0 Å². The molecule has 2 aliphatic rings. The topological polar surface area (TPSA) is 90.0 Å². The van der Waals surface area contributed by atoms with E-state index < -0.39 is 35.6 Å². The van der Waals surface area contributed by atoms with Crippen molar-refractivity contribution in [3.05, 3.63) is 23.9 Å². The zero-order chi connectivity index (χ0) is 14.2. The van der Waals surface area contributed by atoms with Gasteiger partial charge in [-0.25, -0.2) is 4.79 Å². The summed E-state index contributed by atoms with van der Waals surface area (Å²) in [6, 6.07) is -0.955. The number of methoxy groups -OCH3 is 2. The molecule has 0 aliphatic carbocycles. The van der Waals surface area contributed by atoms with Crippen LogP contribution < -0.4 is 0 Å². The Morgan fingerprint density at radius 3 is 2.37 bits per heavy atom. The van der Waals surface area contributed by atoms with Gasteiger partial charge in [-0.3, -0.25) is 19.3 Å². The minimum Gasteiger partial charge on any atom is -0.468 e. The van der Waals surface area contributed by atoms with Gasteiger partial charge in [0.25, 0.3) is 0 Å².